The Morgan fingerprint density at radius 1 is 1.12 bits per heavy atom. The van der Waals surface area contributed by atoms with Crippen LogP contribution in [0.3, 0.4) is 0 Å². The molecule has 1 amide bonds. The number of benzene rings is 2. The largest absolute Gasteiger partial charge is 0.469 e. The summed E-state index contributed by atoms with van der Waals surface area (Å²) in [4.78, 5) is 23.9. The Morgan fingerprint density at radius 3 is 2.55 bits per heavy atom. The van der Waals surface area contributed by atoms with Gasteiger partial charge in [-0.1, -0.05) is 18.2 Å². The molecule has 0 spiro atoms. The molecule has 174 valence electrons. The quantitative estimate of drug-likeness (QED) is 0.352. The van der Waals surface area contributed by atoms with Crippen molar-refractivity contribution in [3.8, 4) is 5.69 Å². The molecule has 1 heterocycles. The number of carbonyl (C=O) groups is 2. The van der Waals surface area contributed by atoms with E-state index in [1.54, 1.807) is 36.0 Å². The van der Waals surface area contributed by atoms with Crippen LogP contribution in [0.25, 0.3) is 5.69 Å². The Kier molecular flexibility index (Phi) is 8.65. The van der Waals surface area contributed by atoms with E-state index in [0.717, 1.165) is 22.6 Å². The lowest BCUT2D eigenvalue weighted by molar-refractivity contribution is -0.140. The van der Waals surface area contributed by atoms with Crippen molar-refractivity contribution in [1.29, 1.82) is 0 Å². The predicted molar refractivity (Wildman–Crippen MR) is 128 cm³/mol. The van der Waals surface area contributed by atoms with Gasteiger partial charge < -0.3 is 10.1 Å². The number of rotatable bonds is 10. The first kappa shape index (κ1) is 24.5. The van der Waals surface area contributed by atoms with E-state index in [2.05, 4.69) is 10.4 Å². The van der Waals surface area contributed by atoms with Crippen LogP contribution in [0, 0.1) is 19.7 Å². The van der Waals surface area contributed by atoms with E-state index >= 15 is 0 Å². The second-order valence-corrected chi connectivity index (χ2v) is 8.69. The molecule has 1 aromatic heterocycles. The van der Waals surface area contributed by atoms with Crippen molar-refractivity contribution in [1.82, 2.24) is 15.1 Å². The van der Waals surface area contributed by atoms with Gasteiger partial charge in [0.05, 0.1) is 18.5 Å². The first-order chi connectivity index (χ1) is 15.9. The van der Waals surface area contributed by atoms with Crippen LogP contribution in [0.15, 0.2) is 48.5 Å². The standard InChI is InChI=1S/C25H28FN3O3S/c1-17-22(12-13-24(30)32-3)18(2)29(28-17)21-10-8-19(9-11-21)25(31)27-14-15-33-16-20-6-4-5-7-23(20)26/h4-11H,12-16H2,1-3H3,(H,27,31). The predicted octanol–water partition coefficient (Wildman–Crippen LogP) is 4.40. The summed E-state index contributed by atoms with van der Waals surface area (Å²) in [6.07, 6.45) is 0.876. The normalized spacial score (nSPS) is 10.8. The van der Waals surface area contributed by atoms with E-state index in [4.69, 9.17) is 4.74 Å². The fraction of sp³-hybridized carbons (Fsp3) is 0.320. The van der Waals surface area contributed by atoms with E-state index in [0.29, 0.717) is 42.0 Å². The minimum Gasteiger partial charge on any atom is -0.469 e. The number of hydrogen-bond donors (Lipinski definition) is 1. The minimum absolute atomic E-state index is 0.153. The molecule has 6 nitrogen and oxygen atoms in total. The molecule has 0 aliphatic rings. The zero-order valence-corrected chi connectivity index (χ0v) is 19.9. The van der Waals surface area contributed by atoms with Gasteiger partial charge in [-0.2, -0.15) is 16.9 Å². The van der Waals surface area contributed by atoms with Crippen LogP contribution < -0.4 is 5.32 Å². The van der Waals surface area contributed by atoms with Crippen molar-refractivity contribution in [2.45, 2.75) is 32.4 Å². The van der Waals surface area contributed by atoms with Gasteiger partial charge in [-0.3, -0.25) is 9.59 Å². The molecule has 8 heteroatoms. The van der Waals surface area contributed by atoms with Crippen molar-refractivity contribution in [3.63, 3.8) is 0 Å². The highest BCUT2D eigenvalue weighted by Crippen LogP contribution is 2.20. The minimum atomic E-state index is -0.248. The fourth-order valence-corrected chi connectivity index (χ4v) is 4.35. The Morgan fingerprint density at radius 2 is 1.85 bits per heavy atom. The molecule has 0 aliphatic heterocycles. The Hall–Kier alpha value is -3.13. The summed E-state index contributed by atoms with van der Waals surface area (Å²) >= 11 is 1.57. The number of ether oxygens (including phenoxy) is 1. The summed E-state index contributed by atoms with van der Waals surface area (Å²) in [5, 5.41) is 7.49. The molecule has 0 atom stereocenters. The first-order valence-corrected chi connectivity index (χ1v) is 11.9. The highest BCUT2D eigenvalue weighted by Gasteiger charge is 2.15. The van der Waals surface area contributed by atoms with Crippen LogP contribution in [0.2, 0.25) is 0 Å². The van der Waals surface area contributed by atoms with E-state index in [1.807, 2.05) is 36.7 Å². The Bertz CT molecular complexity index is 1110. The van der Waals surface area contributed by atoms with Gasteiger partial charge in [0.15, 0.2) is 0 Å². The fourth-order valence-electron chi connectivity index (χ4n) is 3.51. The third-order valence-electron chi connectivity index (χ3n) is 5.37. The number of hydrogen-bond acceptors (Lipinski definition) is 5. The molecule has 3 rings (SSSR count). The molecular formula is C25H28FN3O3S. The smallest absolute Gasteiger partial charge is 0.305 e. The number of nitrogens with zero attached hydrogens (tertiary/aromatic N) is 2. The van der Waals surface area contributed by atoms with Crippen molar-refractivity contribution in [2.24, 2.45) is 0 Å². The number of halogens is 1. The highest BCUT2D eigenvalue weighted by molar-refractivity contribution is 7.98. The topological polar surface area (TPSA) is 73.2 Å². The van der Waals surface area contributed by atoms with Crippen LogP contribution in [0.4, 0.5) is 4.39 Å². The van der Waals surface area contributed by atoms with Crippen LogP contribution in [0.5, 0.6) is 0 Å². The molecule has 3 aromatic rings. The third kappa shape index (κ3) is 6.44. The van der Waals surface area contributed by atoms with E-state index in [-0.39, 0.29) is 17.7 Å². The first-order valence-electron chi connectivity index (χ1n) is 10.7. The van der Waals surface area contributed by atoms with Gasteiger partial charge >= 0.3 is 5.97 Å². The lowest BCUT2D eigenvalue weighted by atomic mass is 10.1. The lowest BCUT2D eigenvalue weighted by Crippen LogP contribution is -2.25. The molecule has 0 unspecified atom stereocenters. The SMILES string of the molecule is COC(=O)CCc1c(C)nn(-c2ccc(C(=O)NCCSCc3ccccc3F)cc2)c1C. The van der Waals surface area contributed by atoms with Gasteiger partial charge in [0.2, 0.25) is 0 Å². The Balaban J connectivity index is 1.53. The molecule has 2 aromatic carbocycles. The van der Waals surface area contributed by atoms with Crippen LogP contribution in [0.1, 0.15) is 39.3 Å². The number of aryl methyl sites for hydroxylation is 1. The summed E-state index contributed by atoms with van der Waals surface area (Å²) in [5.41, 5.74) is 4.92. The van der Waals surface area contributed by atoms with Gasteiger partial charge in [-0.05, 0) is 61.7 Å². The van der Waals surface area contributed by atoms with Crippen molar-refractivity contribution >= 4 is 23.6 Å². The molecule has 0 saturated heterocycles. The number of esters is 1. The zero-order chi connectivity index (χ0) is 23.8. The second-order valence-electron chi connectivity index (χ2n) is 7.58. The number of thioether (sulfide) groups is 1. The molecule has 0 radical (unpaired) electrons. The van der Waals surface area contributed by atoms with Gasteiger partial charge in [0.25, 0.3) is 5.91 Å². The molecule has 0 saturated carbocycles. The number of amides is 1. The summed E-state index contributed by atoms with van der Waals surface area (Å²) < 4.78 is 20.2. The van der Waals surface area contributed by atoms with Crippen molar-refractivity contribution < 1.29 is 18.7 Å². The number of aromatic nitrogens is 2. The van der Waals surface area contributed by atoms with Gasteiger partial charge in [0.1, 0.15) is 5.82 Å². The van der Waals surface area contributed by atoms with Crippen LogP contribution >= 0.6 is 11.8 Å². The number of carbonyl (C=O) groups excluding carboxylic acids is 2. The van der Waals surface area contributed by atoms with E-state index in [1.165, 1.54) is 13.2 Å². The third-order valence-corrected chi connectivity index (χ3v) is 6.38. The van der Waals surface area contributed by atoms with E-state index in [9.17, 15) is 14.0 Å². The summed E-state index contributed by atoms with van der Waals surface area (Å²) in [6, 6.07) is 14.0. The maximum Gasteiger partial charge on any atom is 0.305 e. The molecule has 33 heavy (non-hydrogen) atoms. The molecule has 0 aliphatic carbocycles. The molecule has 1 N–H and O–H groups in total. The van der Waals surface area contributed by atoms with Crippen LogP contribution in [-0.2, 0) is 21.7 Å². The number of methoxy groups -OCH3 is 1. The summed E-state index contributed by atoms with van der Waals surface area (Å²) in [7, 11) is 1.38. The van der Waals surface area contributed by atoms with Gasteiger partial charge in [-0.25, -0.2) is 9.07 Å². The molecular weight excluding hydrogens is 441 g/mol. The monoisotopic (exact) mass is 469 g/mol. The van der Waals surface area contributed by atoms with Crippen LogP contribution in [-0.4, -0.2) is 41.1 Å². The zero-order valence-electron chi connectivity index (χ0n) is 19.1. The van der Waals surface area contributed by atoms with Crippen molar-refractivity contribution in [2.75, 3.05) is 19.4 Å². The summed E-state index contributed by atoms with van der Waals surface area (Å²) in [6.45, 7) is 4.38. The summed E-state index contributed by atoms with van der Waals surface area (Å²) in [5.74, 6) is 0.662. The average molecular weight is 470 g/mol. The maximum absolute atomic E-state index is 13.6. The second kappa shape index (κ2) is 11.7. The van der Waals surface area contributed by atoms with Gasteiger partial charge in [0, 0.05) is 35.7 Å². The molecule has 0 bridgehead atoms. The van der Waals surface area contributed by atoms with E-state index < -0.39 is 0 Å². The van der Waals surface area contributed by atoms with Gasteiger partial charge in [-0.15, -0.1) is 0 Å². The molecule has 0 fully saturated rings. The average Bonchev–Trinajstić information content (AvgIpc) is 3.11. The number of nitrogens with one attached hydrogen (secondary N) is 1. The Labute approximate surface area is 197 Å². The lowest BCUT2D eigenvalue weighted by Gasteiger charge is -2.08. The maximum atomic E-state index is 13.6. The highest BCUT2D eigenvalue weighted by atomic mass is 32.2. The van der Waals surface area contributed by atoms with Crippen molar-refractivity contribution in [3.05, 3.63) is 82.4 Å².